The second kappa shape index (κ2) is 9.78. The van der Waals surface area contributed by atoms with Gasteiger partial charge in [-0.2, -0.15) is 0 Å². The van der Waals surface area contributed by atoms with Gasteiger partial charge in [0.2, 0.25) is 0 Å². The minimum Gasteiger partial charge on any atom is -0.497 e. The van der Waals surface area contributed by atoms with Gasteiger partial charge in [-0.05, 0) is 55.0 Å². The van der Waals surface area contributed by atoms with Crippen LogP contribution in [-0.4, -0.2) is 37.5 Å². The molecule has 0 saturated carbocycles. The molecule has 9 heteroatoms. The van der Waals surface area contributed by atoms with E-state index in [0.717, 1.165) is 4.90 Å². The highest BCUT2D eigenvalue weighted by Crippen LogP contribution is 2.31. The Morgan fingerprint density at radius 2 is 1.75 bits per heavy atom. The summed E-state index contributed by atoms with van der Waals surface area (Å²) in [6.07, 6.45) is 1.54. The molecule has 0 bridgehead atoms. The molecule has 2 aromatic carbocycles. The Labute approximate surface area is 184 Å². The number of carbonyl (C=O) groups is 4. The van der Waals surface area contributed by atoms with Gasteiger partial charge in [-0.1, -0.05) is 13.0 Å². The van der Waals surface area contributed by atoms with Gasteiger partial charge in [0.25, 0.3) is 11.8 Å². The molecular weight excluding hydrogens is 416 g/mol. The van der Waals surface area contributed by atoms with E-state index in [-0.39, 0.29) is 29.2 Å². The number of hydrogen-bond donors (Lipinski definition) is 1. The van der Waals surface area contributed by atoms with E-state index < -0.39 is 23.8 Å². The first-order valence-corrected chi connectivity index (χ1v) is 9.91. The number of ether oxygens (including phenoxy) is 3. The number of barbiturate groups is 1. The molecule has 1 N–H and O–H groups in total. The van der Waals surface area contributed by atoms with Crippen molar-refractivity contribution >= 4 is 35.6 Å². The smallest absolute Gasteiger partial charge is 0.335 e. The van der Waals surface area contributed by atoms with E-state index >= 15 is 0 Å². The lowest BCUT2D eigenvalue weighted by atomic mass is 10.1. The Bertz CT molecular complexity index is 1090. The predicted molar refractivity (Wildman–Crippen MR) is 116 cm³/mol. The van der Waals surface area contributed by atoms with Crippen molar-refractivity contribution in [2.75, 3.05) is 18.6 Å². The number of methoxy groups -OCH3 is 1. The van der Waals surface area contributed by atoms with Crippen LogP contribution in [0.5, 0.6) is 17.2 Å². The molecule has 0 spiro atoms. The van der Waals surface area contributed by atoms with Crippen LogP contribution < -0.4 is 24.4 Å². The molecule has 0 radical (unpaired) electrons. The zero-order valence-corrected chi connectivity index (χ0v) is 17.8. The normalized spacial score (nSPS) is 14.9. The van der Waals surface area contributed by atoms with E-state index in [1.807, 2.05) is 0 Å². The molecule has 2 aromatic rings. The highest BCUT2D eigenvalue weighted by molar-refractivity contribution is 6.39. The van der Waals surface area contributed by atoms with Crippen molar-refractivity contribution in [1.82, 2.24) is 5.32 Å². The summed E-state index contributed by atoms with van der Waals surface area (Å²) in [6.45, 7) is 3.76. The number of nitrogens with one attached hydrogen (secondary N) is 1. The maximum atomic E-state index is 13.0. The quantitative estimate of drug-likeness (QED) is 0.306. The summed E-state index contributed by atoms with van der Waals surface area (Å²) in [4.78, 5) is 50.2. The highest BCUT2D eigenvalue weighted by atomic mass is 16.6. The largest absolute Gasteiger partial charge is 0.497 e. The van der Waals surface area contributed by atoms with Crippen LogP contribution in [0.25, 0.3) is 6.08 Å². The van der Waals surface area contributed by atoms with E-state index in [2.05, 4.69) is 5.32 Å². The van der Waals surface area contributed by atoms with Crippen molar-refractivity contribution in [3.63, 3.8) is 0 Å². The number of esters is 1. The van der Waals surface area contributed by atoms with Crippen LogP contribution in [0.3, 0.4) is 0 Å². The van der Waals surface area contributed by atoms with Crippen LogP contribution in [-0.2, 0) is 14.4 Å². The summed E-state index contributed by atoms with van der Waals surface area (Å²) >= 11 is 0. The molecule has 166 valence electrons. The summed E-state index contributed by atoms with van der Waals surface area (Å²) < 4.78 is 15.9. The van der Waals surface area contributed by atoms with E-state index in [4.69, 9.17) is 14.2 Å². The fourth-order valence-electron chi connectivity index (χ4n) is 2.95. The SMILES string of the molecule is CCOc1cc(/C=C2/C(=O)NC(=O)N(c3ccc(OC)cc3)C2=O)ccc1OC(=O)CC. The summed E-state index contributed by atoms with van der Waals surface area (Å²) in [7, 11) is 1.50. The van der Waals surface area contributed by atoms with E-state index in [0.29, 0.717) is 17.9 Å². The Morgan fingerprint density at radius 3 is 2.38 bits per heavy atom. The molecule has 0 aliphatic carbocycles. The number of amides is 4. The third kappa shape index (κ3) is 4.77. The predicted octanol–water partition coefficient (Wildman–Crippen LogP) is 3.08. The Balaban J connectivity index is 1.95. The minimum atomic E-state index is -0.848. The number of rotatable bonds is 7. The Kier molecular flexibility index (Phi) is 6.89. The summed E-state index contributed by atoms with van der Waals surface area (Å²) in [5, 5.41) is 2.17. The Hall–Kier alpha value is -4.14. The zero-order chi connectivity index (χ0) is 23.3. The third-order valence-electron chi connectivity index (χ3n) is 4.52. The number of hydrogen-bond acceptors (Lipinski definition) is 7. The van der Waals surface area contributed by atoms with Crippen LogP contribution in [0.2, 0.25) is 0 Å². The zero-order valence-electron chi connectivity index (χ0n) is 17.8. The Morgan fingerprint density at radius 1 is 1.03 bits per heavy atom. The van der Waals surface area contributed by atoms with Gasteiger partial charge in [0.15, 0.2) is 11.5 Å². The maximum absolute atomic E-state index is 13.0. The fraction of sp³-hybridized carbons (Fsp3) is 0.217. The van der Waals surface area contributed by atoms with Crippen LogP contribution in [0, 0.1) is 0 Å². The van der Waals surface area contributed by atoms with Crippen molar-refractivity contribution in [3.05, 3.63) is 53.6 Å². The average Bonchev–Trinajstić information content (AvgIpc) is 2.78. The average molecular weight is 438 g/mol. The van der Waals surface area contributed by atoms with Crippen LogP contribution in [0.4, 0.5) is 10.5 Å². The molecule has 0 aromatic heterocycles. The lowest BCUT2D eigenvalue weighted by Crippen LogP contribution is -2.54. The monoisotopic (exact) mass is 438 g/mol. The summed E-state index contributed by atoms with van der Waals surface area (Å²) in [5.74, 6) is -0.941. The van der Waals surface area contributed by atoms with E-state index in [1.165, 1.54) is 31.4 Å². The standard InChI is InChI=1S/C23H22N2O7/c1-4-20(26)32-18-11-6-14(13-19(18)31-5-2)12-17-21(27)24-23(29)25(22(17)28)15-7-9-16(30-3)10-8-15/h6-13H,4-5H2,1-3H3,(H,24,27,29)/b17-12-. The summed E-state index contributed by atoms with van der Waals surface area (Å²) in [5.41, 5.74) is 0.497. The van der Waals surface area contributed by atoms with Crippen molar-refractivity contribution in [2.45, 2.75) is 20.3 Å². The number of carbonyl (C=O) groups excluding carboxylic acids is 4. The van der Waals surface area contributed by atoms with Crippen LogP contribution in [0.15, 0.2) is 48.0 Å². The molecule has 0 atom stereocenters. The number of nitrogens with zero attached hydrogens (tertiary/aromatic N) is 1. The minimum absolute atomic E-state index is 0.196. The van der Waals surface area contributed by atoms with Gasteiger partial charge >= 0.3 is 12.0 Å². The molecule has 9 nitrogen and oxygen atoms in total. The van der Waals surface area contributed by atoms with Crippen LogP contribution in [0.1, 0.15) is 25.8 Å². The second-order valence-electron chi connectivity index (χ2n) is 6.62. The van der Waals surface area contributed by atoms with Gasteiger partial charge in [0.05, 0.1) is 19.4 Å². The van der Waals surface area contributed by atoms with Crippen molar-refractivity contribution in [1.29, 1.82) is 0 Å². The molecule has 1 fully saturated rings. The molecule has 3 rings (SSSR count). The van der Waals surface area contributed by atoms with Gasteiger partial charge in [-0.15, -0.1) is 0 Å². The molecule has 0 unspecified atom stereocenters. The molecule has 1 saturated heterocycles. The van der Waals surface area contributed by atoms with Gasteiger partial charge in [0.1, 0.15) is 11.3 Å². The molecule has 1 aliphatic heterocycles. The first-order valence-electron chi connectivity index (χ1n) is 9.91. The third-order valence-corrected chi connectivity index (χ3v) is 4.52. The molecule has 4 amide bonds. The van der Waals surface area contributed by atoms with Crippen molar-refractivity contribution in [2.24, 2.45) is 0 Å². The molecule has 1 aliphatic rings. The van der Waals surface area contributed by atoms with Gasteiger partial charge in [0, 0.05) is 6.42 Å². The summed E-state index contributed by atoms with van der Waals surface area (Å²) in [6, 6.07) is 10.1. The van der Waals surface area contributed by atoms with Crippen molar-refractivity contribution in [3.8, 4) is 17.2 Å². The number of imide groups is 2. The maximum Gasteiger partial charge on any atom is 0.335 e. The van der Waals surface area contributed by atoms with E-state index in [9.17, 15) is 19.2 Å². The first-order chi connectivity index (χ1) is 15.4. The molecule has 1 heterocycles. The lowest BCUT2D eigenvalue weighted by Gasteiger charge is -2.26. The van der Waals surface area contributed by atoms with E-state index in [1.54, 1.807) is 38.1 Å². The topological polar surface area (TPSA) is 111 Å². The van der Waals surface area contributed by atoms with Crippen LogP contribution >= 0.6 is 0 Å². The first kappa shape index (κ1) is 22.5. The van der Waals surface area contributed by atoms with Gasteiger partial charge in [-0.25, -0.2) is 9.69 Å². The lowest BCUT2D eigenvalue weighted by molar-refractivity contribution is -0.134. The molecular formula is C23H22N2O7. The van der Waals surface area contributed by atoms with Crippen molar-refractivity contribution < 1.29 is 33.4 Å². The van der Waals surface area contributed by atoms with Gasteiger partial charge in [-0.3, -0.25) is 19.7 Å². The number of benzene rings is 2. The fourth-order valence-corrected chi connectivity index (χ4v) is 2.95. The number of anilines is 1. The van der Waals surface area contributed by atoms with Gasteiger partial charge < -0.3 is 14.2 Å². The second-order valence-corrected chi connectivity index (χ2v) is 6.62. The molecule has 32 heavy (non-hydrogen) atoms. The number of urea groups is 1. The highest BCUT2D eigenvalue weighted by Gasteiger charge is 2.36.